The summed E-state index contributed by atoms with van der Waals surface area (Å²) >= 11 is 0. The summed E-state index contributed by atoms with van der Waals surface area (Å²) in [7, 11) is 0. The molecule has 0 radical (unpaired) electrons. The maximum atomic E-state index is 4.19. The molecular formula is C35H22N2Pt. The Morgan fingerprint density at radius 1 is 0.447 bits per heavy atom. The van der Waals surface area contributed by atoms with E-state index in [0.717, 1.165) is 11.4 Å². The van der Waals surface area contributed by atoms with Crippen molar-refractivity contribution in [1.29, 1.82) is 0 Å². The van der Waals surface area contributed by atoms with E-state index in [1.54, 1.807) is 12.4 Å². The van der Waals surface area contributed by atoms with Crippen molar-refractivity contribution in [2.24, 2.45) is 0 Å². The van der Waals surface area contributed by atoms with Gasteiger partial charge in [-0.3, -0.25) is 9.97 Å². The fourth-order valence-electron chi connectivity index (χ4n) is 5.90. The average Bonchev–Trinajstić information content (AvgIpc) is 3.46. The number of fused-ring (bicyclic) bond motifs is 10. The molecule has 4 aromatic carbocycles. The zero-order valence-electron chi connectivity index (χ0n) is 20.4. The first kappa shape index (κ1) is 24.2. The van der Waals surface area contributed by atoms with Crippen molar-refractivity contribution < 1.29 is 21.1 Å². The molecule has 0 bridgehead atoms. The quantitative estimate of drug-likeness (QED) is 0.168. The Hall–Kier alpha value is -4.13. The van der Waals surface area contributed by atoms with Gasteiger partial charge in [0.15, 0.2) is 0 Å². The van der Waals surface area contributed by atoms with Gasteiger partial charge in [0.25, 0.3) is 0 Å². The van der Waals surface area contributed by atoms with Crippen molar-refractivity contribution in [3.63, 3.8) is 0 Å². The molecule has 0 unspecified atom stereocenters. The van der Waals surface area contributed by atoms with Crippen LogP contribution in [-0.2, 0) is 26.5 Å². The van der Waals surface area contributed by atoms with Gasteiger partial charge < -0.3 is 0 Å². The van der Waals surface area contributed by atoms with E-state index in [-0.39, 0.29) is 26.5 Å². The summed E-state index contributed by atoms with van der Waals surface area (Å²) < 4.78 is 0. The summed E-state index contributed by atoms with van der Waals surface area (Å²) in [6.45, 7) is 0. The van der Waals surface area contributed by atoms with Gasteiger partial charge in [0.05, 0.1) is 11.4 Å². The van der Waals surface area contributed by atoms with Gasteiger partial charge in [-0.2, -0.15) is 47.5 Å². The van der Waals surface area contributed by atoms with E-state index < -0.39 is 0 Å². The van der Waals surface area contributed by atoms with Crippen LogP contribution in [-0.4, -0.2) is 9.97 Å². The molecule has 2 aromatic heterocycles. The summed E-state index contributed by atoms with van der Waals surface area (Å²) in [6, 6.07) is 49.0. The third-order valence-corrected chi connectivity index (χ3v) is 7.31. The van der Waals surface area contributed by atoms with Crippen LogP contribution in [0.3, 0.4) is 0 Å². The minimum Gasteiger partial charge on any atom is -0.255 e. The molecule has 3 heteroatoms. The van der Waals surface area contributed by atoms with Gasteiger partial charge in [0, 0.05) is 12.4 Å². The summed E-state index contributed by atoms with van der Waals surface area (Å²) in [4.78, 5) is 8.37. The van der Waals surface area contributed by atoms with Crippen molar-refractivity contribution in [2.75, 3.05) is 0 Å². The summed E-state index contributed by atoms with van der Waals surface area (Å²) in [6.07, 6.45) is 3.54. The van der Waals surface area contributed by atoms with Crippen molar-refractivity contribution >= 4 is 0 Å². The fraction of sp³-hybridized carbons (Fsp3) is 0.0286. The molecule has 0 saturated heterocycles. The first-order valence-electron chi connectivity index (χ1n) is 12.4. The van der Waals surface area contributed by atoms with E-state index in [0.29, 0.717) is 0 Å². The fourth-order valence-corrected chi connectivity index (χ4v) is 5.90. The van der Waals surface area contributed by atoms with Crippen LogP contribution in [0.1, 0.15) is 22.3 Å². The minimum atomic E-state index is -0.243. The zero-order chi connectivity index (χ0) is 24.7. The van der Waals surface area contributed by atoms with Gasteiger partial charge in [-0.15, -0.1) is 12.1 Å². The third-order valence-electron chi connectivity index (χ3n) is 7.31. The molecule has 0 N–H and O–H groups in total. The predicted octanol–water partition coefficient (Wildman–Crippen LogP) is 7.77. The molecule has 2 aliphatic carbocycles. The van der Waals surface area contributed by atoms with E-state index in [1.807, 2.05) is 48.5 Å². The van der Waals surface area contributed by atoms with Gasteiger partial charge in [0.1, 0.15) is 0 Å². The second-order valence-electron chi connectivity index (χ2n) is 9.19. The molecule has 0 aliphatic heterocycles. The molecule has 2 aliphatic rings. The van der Waals surface area contributed by atoms with Gasteiger partial charge in [0.2, 0.25) is 0 Å². The Kier molecular flexibility index (Phi) is 6.35. The van der Waals surface area contributed by atoms with Crippen LogP contribution < -0.4 is 0 Å². The third kappa shape index (κ3) is 3.60. The Bertz CT molecular complexity index is 1500. The van der Waals surface area contributed by atoms with Crippen molar-refractivity contribution in [2.45, 2.75) is 5.41 Å². The maximum Gasteiger partial charge on any atom is 2.00 e. The zero-order valence-corrected chi connectivity index (χ0v) is 22.7. The van der Waals surface area contributed by atoms with Crippen molar-refractivity contribution in [1.82, 2.24) is 9.97 Å². The SMILES string of the molecule is [Pt+2].[c-]1cccc2c1-c1[c-]cccc1C21c2ccccc2-c2ccccc21.c1ccc(-c2ccccn2)nc1. The number of nitrogens with zero attached hydrogens (tertiary/aromatic N) is 2. The van der Waals surface area contributed by atoms with E-state index in [1.165, 1.54) is 44.5 Å². The number of rotatable bonds is 1. The van der Waals surface area contributed by atoms with Crippen LogP contribution in [0, 0.1) is 12.1 Å². The van der Waals surface area contributed by atoms with Gasteiger partial charge in [-0.25, -0.2) is 11.1 Å². The molecule has 2 heterocycles. The van der Waals surface area contributed by atoms with Gasteiger partial charge >= 0.3 is 21.1 Å². The Morgan fingerprint density at radius 3 is 1.32 bits per heavy atom. The van der Waals surface area contributed by atoms with Crippen LogP contribution in [0.2, 0.25) is 0 Å². The predicted molar refractivity (Wildman–Crippen MR) is 148 cm³/mol. The number of hydrogen-bond acceptors (Lipinski definition) is 2. The second-order valence-corrected chi connectivity index (χ2v) is 9.19. The number of aromatic nitrogens is 2. The molecule has 2 nitrogen and oxygen atoms in total. The monoisotopic (exact) mass is 665 g/mol. The molecule has 0 atom stereocenters. The number of hydrogen-bond donors (Lipinski definition) is 0. The van der Waals surface area contributed by atoms with E-state index in [4.69, 9.17) is 0 Å². The minimum absolute atomic E-state index is 0. The smallest absolute Gasteiger partial charge is 0.255 e. The normalized spacial score (nSPS) is 12.7. The Morgan fingerprint density at radius 2 is 0.868 bits per heavy atom. The first-order valence-corrected chi connectivity index (χ1v) is 12.4. The second kappa shape index (κ2) is 9.97. The van der Waals surface area contributed by atoms with E-state index in [2.05, 4.69) is 94.9 Å². The van der Waals surface area contributed by atoms with Crippen LogP contribution >= 0.6 is 0 Å². The Labute approximate surface area is 237 Å². The largest absolute Gasteiger partial charge is 2.00 e. The average molecular weight is 666 g/mol. The summed E-state index contributed by atoms with van der Waals surface area (Å²) in [5, 5.41) is 0. The van der Waals surface area contributed by atoms with E-state index in [9.17, 15) is 0 Å². The van der Waals surface area contributed by atoms with Crippen molar-refractivity contribution in [3.8, 4) is 33.6 Å². The van der Waals surface area contributed by atoms with Crippen LogP contribution in [0.5, 0.6) is 0 Å². The molecule has 0 saturated carbocycles. The Balaban J connectivity index is 0.000000172. The number of benzene rings is 4. The van der Waals surface area contributed by atoms with Gasteiger partial charge in [-0.1, -0.05) is 60.7 Å². The molecule has 0 amide bonds. The van der Waals surface area contributed by atoms with E-state index >= 15 is 0 Å². The maximum absolute atomic E-state index is 4.19. The van der Waals surface area contributed by atoms with Crippen LogP contribution in [0.25, 0.3) is 33.6 Å². The number of pyridine rings is 2. The van der Waals surface area contributed by atoms with Crippen LogP contribution in [0.15, 0.2) is 134 Å². The molecule has 182 valence electrons. The molecular weight excluding hydrogens is 643 g/mol. The molecule has 0 fully saturated rings. The molecule has 38 heavy (non-hydrogen) atoms. The molecule has 8 rings (SSSR count). The van der Waals surface area contributed by atoms with Crippen LogP contribution in [0.4, 0.5) is 0 Å². The summed E-state index contributed by atoms with van der Waals surface area (Å²) in [5.41, 5.74) is 12.0. The first-order chi connectivity index (χ1) is 18.4. The molecule has 6 aromatic rings. The summed E-state index contributed by atoms with van der Waals surface area (Å²) in [5.74, 6) is 0. The standard InChI is InChI=1S/C25H14.C10H8N2.Pt/c1-5-13-21-17(9-1)18-10-2-6-14-22(18)25(21)23-15-7-3-11-19(23)20-12-4-8-16-24(20)25;1-3-7-11-9(5-1)10-6-2-4-8-12-10;/h1-10,13-16H;1-8H;/q-2;;+2. The van der Waals surface area contributed by atoms with Crippen molar-refractivity contribution in [3.05, 3.63) is 168 Å². The van der Waals surface area contributed by atoms with Gasteiger partial charge in [-0.05, 0) is 51.9 Å². The topological polar surface area (TPSA) is 25.8 Å². The molecule has 1 spiro atoms.